The number of β-amino-alcohol motifs (C(OH)–C–C–N with tert-alkyl or cyclic N) is 1. The number of aromatic hydroxyl groups is 1. The zero-order chi connectivity index (χ0) is 36.5. The number of rotatable bonds is 9. The minimum absolute atomic E-state index is 0.00555. The summed E-state index contributed by atoms with van der Waals surface area (Å²) >= 11 is 0. The van der Waals surface area contributed by atoms with Crippen LogP contribution in [-0.2, 0) is 15.9 Å². The van der Waals surface area contributed by atoms with Gasteiger partial charge in [0.25, 0.3) is 0 Å². The van der Waals surface area contributed by atoms with Crippen molar-refractivity contribution in [3.8, 4) is 23.0 Å². The zero-order valence-corrected chi connectivity index (χ0v) is 30.3. The van der Waals surface area contributed by atoms with Crippen LogP contribution in [-0.4, -0.2) is 99.9 Å². The van der Waals surface area contributed by atoms with Crippen LogP contribution in [0.4, 0.5) is 14.6 Å². The van der Waals surface area contributed by atoms with Crippen LogP contribution in [0.5, 0.6) is 11.8 Å². The first-order chi connectivity index (χ1) is 25.6. The van der Waals surface area contributed by atoms with Gasteiger partial charge in [-0.3, -0.25) is 9.88 Å². The first kappa shape index (κ1) is 34.8. The molecule has 53 heavy (non-hydrogen) atoms. The number of aliphatic hydroxyl groups is 1. The number of benzene rings is 2. The molecule has 6 fully saturated rings. The molecule has 280 valence electrons. The molecule has 10 nitrogen and oxygen atoms in total. The molecule has 0 amide bonds. The molecule has 2 N–H and O–H groups in total. The number of phenols is 1. The Labute approximate surface area is 307 Å². The average molecular weight is 728 g/mol. The van der Waals surface area contributed by atoms with E-state index in [-0.39, 0.29) is 52.7 Å². The Bertz CT molecular complexity index is 2090. The Hall–Kier alpha value is -3.97. The molecule has 4 saturated heterocycles. The number of fused-ring (bicyclic) bond motifs is 4. The number of ether oxygens (including phenoxy) is 3. The molecule has 3 atom stereocenters. The summed E-state index contributed by atoms with van der Waals surface area (Å²) in [4.78, 5) is 18.7. The van der Waals surface area contributed by atoms with Gasteiger partial charge in [0.15, 0.2) is 5.82 Å². The highest BCUT2D eigenvalue weighted by Gasteiger charge is 2.56. The van der Waals surface area contributed by atoms with E-state index >= 15 is 8.78 Å². The summed E-state index contributed by atoms with van der Waals surface area (Å²) in [7, 11) is 0. The maximum absolute atomic E-state index is 17.2. The number of likely N-dealkylation sites (tertiary alicyclic amines) is 1. The number of hydrogen-bond donors (Lipinski definition) is 2. The van der Waals surface area contributed by atoms with Crippen LogP contribution in [0.3, 0.4) is 0 Å². The number of piperidine rings is 1. The van der Waals surface area contributed by atoms with Gasteiger partial charge in [0.1, 0.15) is 34.2 Å². The standard InChI is InChI=1S/C41H47F2N5O5/c1-3-28-31(42)9-8-26-15-27(49)16-29(33(26)28)35-34(43)36-30(19-44-35)37(48-13-14-51-24-40(50,4-2)21-48)46-38(45-36)52-23-39-10-5-7-32(39)47(12-6-11-39)22-41-17-25(18-41)20-53-41/h4,8-9,15-16,19,25,32,49-50H,2-3,5-7,10-14,17-18,20-24H2,1H3/t25?,32?,39?,40-,41?/m0/s1. The summed E-state index contributed by atoms with van der Waals surface area (Å²) in [6, 6.07) is 6.29. The molecule has 2 bridgehead atoms. The Balaban J connectivity index is 1.12. The lowest BCUT2D eigenvalue weighted by Crippen LogP contribution is -2.57. The van der Waals surface area contributed by atoms with Crippen molar-refractivity contribution >= 4 is 27.5 Å². The molecule has 0 radical (unpaired) electrons. The third kappa shape index (κ3) is 5.93. The second kappa shape index (κ2) is 13.1. The summed E-state index contributed by atoms with van der Waals surface area (Å²) in [5, 5.41) is 23.4. The van der Waals surface area contributed by atoms with E-state index in [0.717, 1.165) is 64.6 Å². The van der Waals surface area contributed by atoms with Crippen LogP contribution in [0.1, 0.15) is 57.4 Å². The Morgan fingerprint density at radius 3 is 2.77 bits per heavy atom. The maximum atomic E-state index is 17.2. The molecule has 4 aromatic rings. The highest BCUT2D eigenvalue weighted by atomic mass is 19.1. The fraction of sp³-hybridized carbons (Fsp3) is 0.537. The van der Waals surface area contributed by atoms with Crippen molar-refractivity contribution in [1.29, 1.82) is 0 Å². The molecule has 10 rings (SSSR count). The quantitative estimate of drug-likeness (QED) is 0.190. The lowest BCUT2D eigenvalue weighted by Gasteiger charge is -2.50. The monoisotopic (exact) mass is 727 g/mol. The number of aromatic nitrogens is 3. The highest BCUT2D eigenvalue weighted by Crippen LogP contribution is 2.53. The van der Waals surface area contributed by atoms with E-state index in [0.29, 0.717) is 65.7 Å². The third-order valence-electron chi connectivity index (χ3n) is 12.8. The minimum atomic E-state index is -1.37. The molecule has 2 aromatic carbocycles. The lowest BCUT2D eigenvalue weighted by molar-refractivity contribution is -0.0725. The van der Waals surface area contributed by atoms with Gasteiger partial charge in [0.05, 0.1) is 44.0 Å². The van der Waals surface area contributed by atoms with Crippen molar-refractivity contribution in [2.45, 2.75) is 75.5 Å². The molecule has 6 aliphatic rings. The minimum Gasteiger partial charge on any atom is -0.508 e. The smallest absolute Gasteiger partial charge is 0.319 e. The van der Waals surface area contributed by atoms with E-state index in [4.69, 9.17) is 24.2 Å². The fourth-order valence-corrected chi connectivity index (χ4v) is 10.2. The second-order valence-corrected chi connectivity index (χ2v) is 16.2. The number of anilines is 1. The van der Waals surface area contributed by atoms with Gasteiger partial charge in [-0.1, -0.05) is 25.5 Å². The Morgan fingerprint density at radius 1 is 1.13 bits per heavy atom. The van der Waals surface area contributed by atoms with Crippen LogP contribution in [0.2, 0.25) is 0 Å². The van der Waals surface area contributed by atoms with Crippen molar-refractivity contribution in [2.75, 3.05) is 57.5 Å². The van der Waals surface area contributed by atoms with Crippen LogP contribution < -0.4 is 9.64 Å². The van der Waals surface area contributed by atoms with Crippen molar-refractivity contribution < 1.29 is 33.2 Å². The number of halogens is 2. The van der Waals surface area contributed by atoms with Gasteiger partial charge in [-0.15, -0.1) is 6.58 Å². The normalized spacial score (nSPS) is 30.0. The van der Waals surface area contributed by atoms with Crippen LogP contribution in [0.25, 0.3) is 32.9 Å². The SMILES string of the molecule is C=C[C@@]1(O)COCCN(c2nc(OCC34CCCC3N(CC35CC(CO3)C5)CCC4)nc3c(F)c(-c4cc(O)cc5ccc(F)c(CC)c45)ncc23)C1. The second-order valence-electron chi connectivity index (χ2n) is 16.2. The predicted molar refractivity (Wildman–Crippen MR) is 197 cm³/mol. The van der Waals surface area contributed by atoms with Crippen molar-refractivity contribution in [1.82, 2.24) is 19.9 Å². The number of phenolic OH excluding ortho intramolecular Hbond substituents is 1. The van der Waals surface area contributed by atoms with E-state index in [1.165, 1.54) is 30.5 Å². The van der Waals surface area contributed by atoms with E-state index < -0.39 is 17.2 Å². The summed E-state index contributed by atoms with van der Waals surface area (Å²) in [5.41, 5.74) is -0.865. The summed E-state index contributed by atoms with van der Waals surface area (Å²) < 4.78 is 50.9. The molecule has 2 saturated carbocycles. The average Bonchev–Trinajstić information content (AvgIpc) is 3.84. The number of nitrogens with zero attached hydrogens (tertiary/aromatic N) is 5. The van der Waals surface area contributed by atoms with Crippen LogP contribution in [0.15, 0.2) is 43.1 Å². The molecule has 6 heterocycles. The van der Waals surface area contributed by atoms with E-state index in [9.17, 15) is 10.2 Å². The van der Waals surface area contributed by atoms with Gasteiger partial charge in [-0.05, 0) is 91.9 Å². The molecule has 2 aromatic heterocycles. The lowest BCUT2D eigenvalue weighted by atomic mass is 9.71. The Morgan fingerprint density at radius 2 is 1.98 bits per heavy atom. The van der Waals surface area contributed by atoms with Gasteiger partial charge < -0.3 is 29.3 Å². The van der Waals surface area contributed by atoms with Crippen molar-refractivity contribution in [3.63, 3.8) is 0 Å². The topological polar surface area (TPSA) is 113 Å². The van der Waals surface area contributed by atoms with Gasteiger partial charge in [0.2, 0.25) is 0 Å². The first-order valence-electron chi connectivity index (χ1n) is 19.1. The zero-order valence-electron chi connectivity index (χ0n) is 30.3. The van der Waals surface area contributed by atoms with E-state index in [1.807, 2.05) is 11.8 Å². The molecule has 2 aliphatic carbocycles. The third-order valence-corrected chi connectivity index (χ3v) is 12.8. The predicted octanol–water partition coefficient (Wildman–Crippen LogP) is 6.34. The summed E-state index contributed by atoms with van der Waals surface area (Å²) in [6.07, 6.45) is 11.0. The Kier molecular flexibility index (Phi) is 8.60. The molecule has 4 aliphatic heterocycles. The summed E-state index contributed by atoms with van der Waals surface area (Å²) in [6.45, 7) is 9.79. The maximum Gasteiger partial charge on any atom is 0.319 e. The number of hydrogen-bond acceptors (Lipinski definition) is 10. The highest BCUT2D eigenvalue weighted by molar-refractivity contribution is 6.01. The van der Waals surface area contributed by atoms with E-state index in [1.54, 1.807) is 6.07 Å². The molecule has 2 unspecified atom stereocenters. The van der Waals surface area contributed by atoms with Crippen LogP contribution >= 0.6 is 0 Å². The molecular formula is C41H47F2N5O5. The fourth-order valence-electron chi connectivity index (χ4n) is 10.2. The molecule has 0 spiro atoms. The number of pyridine rings is 1. The summed E-state index contributed by atoms with van der Waals surface area (Å²) in [5.74, 6) is -0.172. The van der Waals surface area contributed by atoms with Crippen molar-refractivity contribution in [3.05, 3.63) is 60.3 Å². The molecule has 12 heteroatoms. The largest absolute Gasteiger partial charge is 0.508 e. The molecular weight excluding hydrogens is 680 g/mol. The van der Waals surface area contributed by atoms with E-state index in [2.05, 4.69) is 16.5 Å². The van der Waals surface area contributed by atoms with Crippen molar-refractivity contribution in [2.24, 2.45) is 11.3 Å². The van der Waals surface area contributed by atoms with Gasteiger partial charge in [-0.25, -0.2) is 8.78 Å². The first-order valence-corrected chi connectivity index (χ1v) is 19.1. The van der Waals surface area contributed by atoms with Gasteiger partial charge >= 0.3 is 6.01 Å². The number of aryl methyl sites for hydroxylation is 1. The van der Waals surface area contributed by atoms with Crippen LogP contribution in [0, 0.1) is 23.0 Å². The van der Waals surface area contributed by atoms with Gasteiger partial charge in [0, 0.05) is 36.3 Å². The van der Waals surface area contributed by atoms with Gasteiger partial charge in [-0.2, -0.15) is 9.97 Å².